The van der Waals surface area contributed by atoms with Crippen molar-refractivity contribution in [1.82, 2.24) is 20.2 Å². The van der Waals surface area contributed by atoms with Crippen LogP contribution in [0, 0.1) is 22.9 Å². The average Bonchev–Trinajstić information content (AvgIpc) is 3.22. The normalized spacial score (nSPS) is 15.1. The van der Waals surface area contributed by atoms with Crippen molar-refractivity contribution in [2.75, 3.05) is 18.0 Å². The van der Waals surface area contributed by atoms with Crippen molar-refractivity contribution >= 4 is 28.8 Å². The number of hydrogen-bond donors (Lipinski definition) is 2. The van der Waals surface area contributed by atoms with Gasteiger partial charge in [0.25, 0.3) is 5.91 Å². The number of halogens is 6. The zero-order valence-corrected chi connectivity index (χ0v) is 20.2. The van der Waals surface area contributed by atoms with Crippen LogP contribution in [0.15, 0.2) is 35.3 Å². The summed E-state index contributed by atoms with van der Waals surface area (Å²) in [7, 11) is 0. The van der Waals surface area contributed by atoms with E-state index < -0.39 is 69.3 Å². The Morgan fingerprint density at radius 1 is 1.08 bits per heavy atom. The third kappa shape index (κ3) is 4.89. The Hall–Kier alpha value is -4.10. The molecule has 1 atom stereocenters. The molecule has 1 saturated heterocycles. The summed E-state index contributed by atoms with van der Waals surface area (Å²) in [5, 5.41) is 3.94. The fraction of sp³-hybridized carbons (Fsp3) is 0.333. The number of anilines is 1. The van der Waals surface area contributed by atoms with Crippen LogP contribution >= 0.6 is 0 Å². The van der Waals surface area contributed by atoms with Crippen molar-refractivity contribution < 1.29 is 35.9 Å². The predicted molar refractivity (Wildman–Crippen MR) is 125 cm³/mol. The lowest BCUT2D eigenvalue weighted by Gasteiger charge is -2.33. The second kappa shape index (κ2) is 9.33. The predicted octanol–water partition coefficient (Wildman–Crippen LogP) is 4.04. The van der Waals surface area contributed by atoms with Gasteiger partial charge in [-0.05, 0) is 17.5 Å². The highest BCUT2D eigenvalue weighted by Crippen LogP contribution is 2.33. The van der Waals surface area contributed by atoms with E-state index in [9.17, 15) is 40.7 Å². The number of nitrogens with one attached hydrogen (secondary N) is 2. The second-order valence-electron chi connectivity index (χ2n) is 9.70. The minimum absolute atomic E-state index is 0.00866. The maximum Gasteiger partial charge on any atom is 0.409 e. The highest BCUT2D eigenvalue weighted by atomic mass is 19.4. The van der Waals surface area contributed by atoms with Crippen LogP contribution in [-0.4, -0.2) is 46.8 Å². The van der Waals surface area contributed by atoms with Gasteiger partial charge in [0.05, 0.1) is 5.39 Å². The van der Waals surface area contributed by atoms with Gasteiger partial charge in [-0.2, -0.15) is 13.2 Å². The lowest BCUT2D eigenvalue weighted by Crippen LogP contribution is -2.53. The summed E-state index contributed by atoms with van der Waals surface area (Å²) < 4.78 is 84.9. The summed E-state index contributed by atoms with van der Waals surface area (Å²) in [6, 6.07) is 0.161. The molecular formula is C24H21F6N5O3. The van der Waals surface area contributed by atoms with E-state index in [2.05, 4.69) is 10.3 Å². The molecule has 0 radical (unpaired) electrons. The Morgan fingerprint density at radius 3 is 2.24 bits per heavy atom. The quantitative estimate of drug-likeness (QED) is 0.488. The molecule has 14 heteroatoms. The highest BCUT2D eigenvalue weighted by Gasteiger charge is 2.48. The molecule has 0 bridgehead atoms. The van der Waals surface area contributed by atoms with Gasteiger partial charge in [-0.1, -0.05) is 20.8 Å². The zero-order chi connectivity index (χ0) is 28.2. The van der Waals surface area contributed by atoms with Crippen LogP contribution in [0.4, 0.5) is 37.0 Å². The lowest BCUT2D eigenvalue weighted by atomic mass is 9.86. The monoisotopic (exact) mass is 541 g/mol. The van der Waals surface area contributed by atoms with Crippen molar-refractivity contribution in [1.29, 1.82) is 0 Å². The minimum Gasteiger partial charge on any atom is -0.340 e. The summed E-state index contributed by atoms with van der Waals surface area (Å²) >= 11 is 0. The Kier molecular flexibility index (Phi) is 6.62. The van der Waals surface area contributed by atoms with Gasteiger partial charge < -0.3 is 10.6 Å². The van der Waals surface area contributed by atoms with Gasteiger partial charge in [-0.25, -0.2) is 22.9 Å². The molecule has 38 heavy (non-hydrogen) atoms. The number of urea groups is 1. The van der Waals surface area contributed by atoms with Crippen LogP contribution < -0.4 is 21.0 Å². The first-order chi connectivity index (χ1) is 17.6. The standard InChI is InChI=1S/C24H21F6N5O3/c1-23(2,3)21(24(28,29)30)33-20(37)13-10-35(17-14(26)8-11(25)9-15(17)27)19-12(18(13)36)4-5-16(32-19)34-7-6-31-22(34)38/h4-5,8-10,21H,6-7H2,1-3H3,(H,31,38)(H,33,37)/t21-/m1/s1. The topological polar surface area (TPSA) is 96.3 Å². The summed E-state index contributed by atoms with van der Waals surface area (Å²) in [4.78, 5) is 43.7. The summed E-state index contributed by atoms with van der Waals surface area (Å²) in [6.07, 6.45) is -4.25. The van der Waals surface area contributed by atoms with Crippen LogP contribution in [-0.2, 0) is 0 Å². The number of amides is 3. The van der Waals surface area contributed by atoms with Crippen molar-refractivity contribution in [2.45, 2.75) is 33.0 Å². The molecule has 3 heterocycles. The molecule has 202 valence electrons. The van der Waals surface area contributed by atoms with Gasteiger partial charge in [0.2, 0.25) is 5.43 Å². The molecule has 2 aromatic heterocycles. The fourth-order valence-electron chi connectivity index (χ4n) is 4.13. The first-order valence-corrected chi connectivity index (χ1v) is 11.2. The number of carbonyl (C=O) groups is 2. The van der Waals surface area contributed by atoms with Crippen LogP contribution in [0.1, 0.15) is 31.1 Å². The number of fused-ring (bicyclic) bond motifs is 1. The molecule has 0 aliphatic carbocycles. The Labute approximate surface area is 211 Å². The van der Waals surface area contributed by atoms with Crippen LogP contribution in [0.2, 0.25) is 0 Å². The van der Waals surface area contributed by atoms with E-state index in [0.29, 0.717) is 22.9 Å². The molecule has 4 rings (SSSR count). The van der Waals surface area contributed by atoms with Gasteiger partial charge in [0, 0.05) is 31.4 Å². The number of aromatic nitrogens is 2. The Morgan fingerprint density at radius 2 is 1.71 bits per heavy atom. The van der Waals surface area contributed by atoms with E-state index >= 15 is 0 Å². The summed E-state index contributed by atoms with van der Waals surface area (Å²) in [5.41, 5.74) is -4.81. The van der Waals surface area contributed by atoms with Crippen LogP contribution in [0.3, 0.4) is 0 Å². The number of alkyl halides is 3. The average molecular weight is 541 g/mol. The molecule has 2 N–H and O–H groups in total. The molecule has 8 nitrogen and oxygen atoms in total. The van der Waals surface area contributed by atoms with Crippen molar-refractivity contribution in [3.63, 3.8) is 0 Å². The molecule has 3 amide bonds. The second-order valence-corrected chi connectivity index (χ2v) is 9.70. The van der Waals surface area contributed by atoms with Crippen LogP contribution in [0.5, 0.6) is 0 Å². The van der Waals surface area contributed by atoms with E-state index in [1.165, 1.54) is 31.7 Å². The number of rotatable bonds is 4. The third-order valence-electron chi connectivity index (χ3n) is 5.91. The molecule has 1 fully saturated rings. The fourth-order valence-corrected chi connectivity index (χ4v) is 4.13. The number of carbonyl (C=O) groups excluding carboxylic acids is 2. The molecule has 1 aliphatic heterocycles. The van der Waals surface area contributed by atoms with E-state index in [1.54, 1.807) is 5.32 Å². The molecule has 0 unspecified atom stereocenters. The third-order valence-corrected chi connectivity index (χ3v) is 5.91. The molecule has 1 aliphatic rings. The van der Waals surface area contributed by atoms with Gasteiger partial charge in [0.15, 0.2) is 17.3 Å². The van der Waals surface area contributed by atoms with Gasteiger partial charge >= 0.3 is 12.2 Å². The van der Waals surface area contributed by atoms with E-state index in [4.69, 9.17) is 0 Å². The molecule has 3 aromatic rings. The maximum absolute atomic E-state index is 14.8. The first kappa shape index (κ1) is 26.9. The highest BCUT2D eigenvalue weighted by molar-refractivity contribution is 5.98. The van der Waals surface area contributed by atoms with Crippen LogP contribution in [0.25, 0.3) is 16.7 Å². The van der Waals surface area contributed by atoms with Crippen molar-refractivity contribution in [2.24, 2.45) is 5.41 Å². The summed E-state index contributed by atoms with van der Waals surface area (Å²) in [5.74, 6) is -5.59. The molecule has 0 saturated carbocycles. The maximum atomic E-state index is 14.8. The van der Waals surface area contributed by atoms with E-state index in [-0.39, 0.29) is 24.3 Å². The SMILES string of the molecule is CC(C)(C)[C@@H](NC(=O)c1cn(-c2c(F)cc(F)cc2F)c2nc(N3CCNC3=O)ccc2c1=O)C(F)(F)F. The van der Waals surface area contributed by atoms with Crippen molar-refractivity contribution in [3.8, 4) is 5.69 Å². The number of pyridine rings is 2. The van der Waals surface area contributed by atoms with Crippen molar-refractivity contribution in [3.05, 3.63) is 63.7 Å². The number of nitrogens with zero attached hydrogens (tertiary/aromatic N) is 3. The molecule has 0 spiro atoms. The first-order valence-electron chi connectivity index (χ1n) is 11.2. The zero-order valence-electron chi connectivity index (χ0n) is 20.2. The summed E-state index contributed by atoms with van der Waals surface area (Å²) in [6.45, 7) is 4.15. The van der Waals surface area contributed by atoms with Gasteiger partial charge in [-0.3, -0.25) is 19.1 Å². The largest absolute Gasteiger partial charge is 0.409 e. The minimum atomic E-state index is -4.88. The smallest absolute Gasteiger partial charge is 0.340 e. The Bertz CT molecular complexity index is 1480. The van der Waals surface area contributed by atoms with Gasteiger partial charge in [0.1, 0.15) is 28.9 Å². The number of hydrogen-bond acceptors (Lipinski definition) is 4. The molecule has 1 aromatic carbocycles. The van der Waals surface area contributed by atoms with Gasteiger partial charge in [-0.15, -0.1) is 0 Å². The van der Waals surface area contributed by atoms with E-state index in [0.717, 1.165) is 6.07 Å². The molecular weight excluding hydrogens is 520 g/mol. The van der Waals surface area contributed by atoms with E-state index in [1.807, 2.05) is 0 Å². The number of benzene rings is 1. The lowest BCUT2D eigenvalue weighted by molar-refractivity contribution is -0.174. The Balaban J connectivity index is 1.97.